The molecule has 0 aromatic rings. The second kappa shape index (κ2) is 5.68. The molecule has 2 rings (SSSR count). The van der Waals surface area contributed by atoms with E-state index in [1.807, 2.05) is 0 Å². The van der Waals surface area contributed by atoms with Crippen LogP contribution in [0.5, 0.6) is 0 Å². The molecule has 2 saturated heterocycles. The van der Waals surface area contributed by atoms with Gasteiger partial charge >= 0.3 is 0 Å². The van der Waals surface area contributed by atoms with Crippen molar-refractivity contribution >= 4 is 0 Å². The van der Waals surface area contributed by atoms with Crippen LogP contribution in [-0.2, 0) is 4.74 Å². The monoisotopic (exact) mass is 240 g/mol. The van der Waals surface area contributed by atoms with Crippen molar-refractivity contribution in [3.63, 3.8) is 0 Å². The van der Waals surface area contributed by atoms with E-state index in [9.17, 15) is 0 Å². The molecule has 100 valence electrons. The first-order chi connectivity index (χ1) is 8.08. The van der Waals surface area contributed by atoms with E-state index < -0.39 is 0 Å². The highest BCUT2D eigenvalue weighted by Gasteiger charge is 2.30. The summed E-state index contributed by atoms with van der Waals surface area (Å²) in [6.45, 7) is 10.2. The summed E-state index contributed by atoms with van der Waals surface area (Å²) in [7, 11) is 2.24. The van der Waals surface area contributed by atoms with Crippen LogP contribution in [0.25, 0.3) is 0 Å². The summed E-state index contributed by atoms with van der Waals surface area (Å²) in [4.78, 5) is 2.48. The van der Waals surface area contributed by atoms with Crippen molar-refractivity contribution in [3.05, 3.63) is 0 Å². The van der Waals surface area contributed by atoms with Gasteiger partial charge in [-0.25, -0.2) is 0 Å². The molecule has 0 aromatic carbocycles. The molecule has 0 aliphatic carbocycles. The number of hydrogen-bond acceptors (Lipinski definition) is 3. The average Bonchev–Trinajstić information content (AvgIpc) is 2.68. The van der Waals surface area contributed by atoms with E-state index in [-0.39, 0.29) is 0 Å². The van der Waals surface area contributed by atoms with Crippen LogP contribution in [0.15, 0.2) is 0 Å². The zero-order valence-electron chi connectivity index (χ0n) is 11.8. The minimum absolute atomic E-state index is 0.446. The molecule has 0 aromatic heterocycles. The fourth-order valence-electron chi connectivity index (χ4n) is 3.17. The number of nitrogens with one attached hydrogen (secondary N) is 1. The lowest BCUT2D eigenvalue weighted by Gasteiger charge is -2.40. The van der Waals surface area contributed by atoms with Crippen LogP contribution in [0.4, 0.5) is 0 Å². The Bertz CT molecular complexity index is 246. The molecule has 0 bridgehead atoms. The third-order valence-electron chi connectivity index (χ3n) is 4.79. The van der Waals surface area contributed by atoms with Gasteiger partial charge in [0, 0.05) is 31.8 Å². The lowest BCUT2D eigenvalue weighted by Crippen LogP contribution is -2.51. The van der Waals surface area contributed by atoms with Gasteiger partial charge in [-0.1, -0.05) is 6.92 Å². The van der Waals surface area contributed by atoms with Crippen LogP contribution in [0.1, 0.15) is 33.6 Å². The van der Waals surface area contributed by atoms with Crippen molar-refractivity contribution in [1.29, 1.82) is 0 Å². The summed E-state index contributed by atoms with van der Waals surface area (Å²) in [5, 5.41) is 3.79. The second-order valence-electron chi connectivity index (χ2n) is 6.14. The number of likely N-dealkylation sites (tertiary alicyclic amines) is 1. The highest BCUT2D eigenvalue weighted by Crippen LogP contribution is 2.23. The lowest BCUT2D eigenvalue weighted by molar-refractivity contribution is 0.0953. The number of nitrogens with zero attached hydrogens (tertiary/aromatic N) is 1. The minimum Gasteiger partial charge on any atom is -0.378 e. The van der Waals surface area contributed by atoms with Crippen molar-refractivity contribution in [1.82, 2.24) is 10.2 Å². The van der Waals surface area contributed by atoms with Crippen molar-refractivity contribution in [2.24, 2.45) is 11.8 Å². The third-order valence-corrected chi connectivity index (χ3v) is 4.79. The van der Waals surface area contributed by atoms with Crippen LogP contribution < -0.4 is 5.32 Å². The van der Waals surface area contributed by atoms with E-state index >= 15 is 0 Å². The first kappa shape index (κ1) is 13.3. The maximum absolute atomic E-state index is 5.62. The zero-order valence-corrected chi connectivity index (χ0v) is 11.8. The van der Waals surface area contributed by atoms with Crippen LogP contribution in [0.3, 0.4) is 0 Å². The number of ether oxygens (including phenoxy) is 1. The summed E-state index contributed by atoms with van der Waals surface area (Å²) in [6.07, 6.45) is 2.95. The SMILES string of the molecule is CC1CN(C)C(C)CC1NCC1CCOC1C. The predicted octanol–water partition coefficient (Wildman–Crippen LogP) is 1.73. The molecule has 0 saturated carbocycles. The second-order valence-corrected chi connectivity index (χ2v) is 6.14. The predicted molar refractivity (Wildman–Crippen MR) is 71.2 cm³/mol. The lowest BCUT2D eigenvalue weighted by atomic mass is 9.89. The van der Waals surface area contributed by atoms with Gasteiger partial charge < -0.3 is 15.0 Å². The Kier molecular flexibility index (Phi) is 4.45. The normalized spacial score (nSPS) is 44.1. The van der Waals surface area contributed by atoms with E-state index in [2.05, 4.69) is 38.0 Å². The smallest absolute Gasteiger partial charge is 0.0588 e. The summed E-state index contributed by atoms with van der Waals surface area (Å²) < 4.78 is 5.62. The number of hydrogen-bond donors (Lipinski definition) is 1. The Morgan fingerprint density at radius 3 is 2.71 bits per heavy atom. The Morgan fingerprint density at radius 1 is 1.29 bits per heavy atom. The van der Waals surface area contributed by atoms with Crippen LogP contribution in [-0.4, -0.2) is 49.8 Å². The van der Waals surface area contributed by atoms with Crippen molar-refractivity contribution in [2.75, 3.05) is 26.7 Å². The van der Waals surface area contributed by atoms with Crippen molar-refractivity contribution in [2.45, 2.75) is 51.8 Å². The fraction of sp³-hybridized carbons (Fsp3) is 1.00. The van der Waals surface area contributed by atoms with Gasteiger partial charge in [-0.05, 0) is 45.6 Å². The summed E-state index contributed by atoms with van der Waals surface area (Å²) >= 11 is 0. The molecule has 1 N–H and O–H groups in total. The highest BCUT2D eigenvalue weighted by atomic mass is 16.5. The van der Waals surface area contributed by atoms with E-state index in [1.54, 1.807) is 0 Å². The van der Waals surface area contributed by atoms with Crippen molar-refractivity contribution < 1.29 is 4.74 Å². The molecule has 2 heterocycles. The van der Waals surface area contributed by atoms with Gasteiger partial charge in [-0.15, -0.1) is 0 Å². The molecule has 2 fully saturated rings. The van der Waals surface area contributed by atoms with Crippen LogP contribution in [0.2, 0.25) is 0 Å². The molecule has 0 spiro atoms. The van der Waals surface area contributed by atoms with E-state index in [4.69, 9.17) is 4.74 Å². The first-order valence-corrected chi connectivity index (χ1v) is 7.13. The van der Waals surface area contributed by atoms with Crippen LogP contribution in [0, 0.1) is 11.8 Å². The van der Waals surface area contributed by atoms with Gasteiger partial charge in [0.05, 0.1) is 6.10 Å². The molecule has 3 nitrogen and oxygen atoms in total. The van der Waals surface area contributed by atoms with Crippen molar-refractivity contribution in [3.8, 4) is 0 Å². The minimum atomic E-state index is 0.446. The Hall–Kier alpha value is -0.120. The topological polar surface area (TPSA) is 24.5 Å². The average molecular weight is 240 g/mol. The third kappa shape index (κ3) is 3.21. The molecule has 2 aliphatic heterocycles. The molecule has 17 heavy (non-hydrogen) atoms. The molecule has 5 unspecified atom stereocenters. The summed E-state index contributed by atoms with van der Waals surface area (Å²) in [6, 6.07) is 1.40. The van der Waals surface area contributed by atoms with Gasteiger partial charge in [0.15, 0.2) is 0 Å². The maximum atomic E-state index is 5.62. The molecule has 5 atom stereocenters. The standard InChI is InChI=1S/C14H28N2O/c1-10-9-16(4)11(2)7-14(10)15-8-13-5-6-17-12(13)3/h10-15H,5-9H2,1-4H3. The number of piperidine rings is 1. The molecule has 0 radical (unpaired) electrons. The fourth-order valence-corrected chi connectivity index (χ4v) is 3.17. The Morgan fingerprint density at radius 2 is 2.06 bits per heavy atom. The zero-order chi connectivity index (χ0) is 12.4. The van der Waals surface area contributed by atoms with Gasteiger partial charge in [-0.3, -0.25) is 0 Å². The first-order valence-electron chi connectivity index (χ1n) is 7.13. The Balaban J connectivity index is 1.78. The molecule has 2 aliphatic rings. The molecule has 3 heteroatoms. The molecule has 0 amide bonds. The maximum Gasteiger partial charge on any atom is 0.0588 e. The number of rotatable bonds is 3. The molecular formula is C14H28N2O. The van der Waals surface area contributed by atoms with Crippen LogP contribution >= 0.6 is 0 Å². The summed E-state index contributed by atoms with van der Waals surface area (Å²) in [5.74, 6) is 1.48. The summed E-state index contributed by atoms with van der Waals surface area (Å²) in [5.41, 5.74) is 0. The van der Waals surface area contributed by atoms with E-state index in [0.717, 1.165) is 25.0 Å². The van der Waals surface area contributed by atoms with E-state index in [0.29, 0.717) is 18.2 Å². The quantitative estimate of drug-likeness (QED) is 0.813. The molecular weight excluding hydrogens is 212 g/mol. The largest absolute Gasteiger partial charge is 0.378 e. The van der Waals surface area contributed by atoms with E-state index in [1.165, 1.54) is 19.4 Å². The Labute approximate surface area is 106 Å². The van der Waals surface area contributed by atoms with Gasteiger partial charge in [-0.2, -0.15) is 0 Å². The van der Waals surface area contributed by atoms with Gasteiger partial charge in [0.2, 0.25) is 0 Å². The highest BCUT2D eigenvalue weighted by molar-refractivity contribution is 4.87. The van der Waals surface area contributed by atoms with Gasteiger partial charge in [0.1, 0.15) is 0 Å². The van der Waals surface area contributed by atoms with Gasteiger partial charge in [0.25, 0.3) is 0 Å².